The summed E-state index contributed by atoms with van der Waals surface area (Å²) in [5.41, 5.74) is 2.51. The highest BCUT2D eigenvalue weighted by molar-refractivity contribution is 7.92. The van der Waals surface area contributed by atoms with Crippen LogP contribution in [0.25, 0.3) is 11.1 Å². The van der Waals surface area contributed by atoms with Crippen molar-refractivity contribution in [1.82, 2.24) is 4.57 Å². The number of aryl methyl sites for hydroxylation is 2. The first kappa shape index (κ1) is 20.4. The van der Waals surface area contributed by atoms with E-state index in [-0.39, 0.29) is 21.7 Å². The van der Waals surface area contributed by atoms with Gasteiger partial charge in [-0.3, -0.25) is 14.1 Å². The molecule has 158 valence electrons. The Morgan fingerprint density at radius 3 is 2.55 bits per heavy atom. The van der Waals surface area contributed by atoms with Crippen molar-refractivity contribution in [2.45, 2.75) is 11.8 Å². The predicted molar refractivity (Wildman–Crippen MR) is 118 cm³/mol. The summed E-state index contributed by atoms with van der Waals surface area (Å²) < 4.78 is 34.7. The van der Waals surface area contributed by atoms with E-state index in [9.17, 15) is 18.0 Å². The molecule has 3 aromatic carbocycles. The van der Waals surface area contributed by atoms with Crippen LogP contribution in [-0.4, -0.2) is 18.9 Å². The van der Waals surface area contributed by atoms with Crippen molar-refractivity contribution in [1.29, 1.82) is 0 Å². The molecule has 4 rings (SSSR count). The fourth-order valence-corrected chi connectivity index (χ4v) is 4.27. The molecule has 0 aliphatic rings. The van der Waals surface area contributed by atoms with Crippen molar-refractivity contribution in [3.63, 3.8) is 0 Å². The number of nitrogens with one attached hydrogen (secondary N) is 2. The van der Waals surface area contributed by atoms with Gasteiger partial charge in [0, 0.05) is 18.8 Å². The Balaban J connectivity index is 1.65. The topological polar surface area (TPSA) is 110 Å². The lowest BCUT2D eigenvalue weighted by molar-refractivity contribution is 0.102. The largest absolute Gasteiger partial charge is 0.419 e. The minimum Gasteiger partial charge on any atom is -0.408 e. The molecule has 0 atom stereocenters. The number of amides is 1. The van der Waals surface area contributed by atoms with Crippen LogP contribution in [0.15, 0.2) is 80.8 Å². The number of carbonyl (C=O) groups is 1. The van der Waals surface area contributed by atoms with Crippen LogP contribution in [-0.2, 0) is 17.1 Å². The molecule has 0 bridgehead atoms. The van der Waals surface area contributed by atoms with Gasteiger partial charge in [-0.25, -0.2) is 13.2 Å². The van der Waals surface area contributed by atoms with Crippen molar-refractivity contribution in [2.24, 2.45) is 7.05 Å². The number of sulfonamides is 1. The molecule has 31 heavy (non-hydrogen) atoms. The summed E-state index contributed by atoms with van der Waals surface area (Å²) in [6.45, 7) is 1.91. The van der Waals surface area contributed by atoms with Gasteiger partial charge in [0.1, 0.15) is 0 Å². The maximum Gasteiger partial charge on any atom is 0.419 e. The second-order valence-electron chi connectivity index (χ2n) is 7.03. The molecule has 1 amide bonds. The first-order valence-electron chi connectivity index (χ1n) is 9.34. The fourth-order valence-electron chi connectivity index (χ4n) is 3.18. The predicted octanol–water partition coefficient (Wildman–Crippen LogP) is 3.49. The number of nitrogens with zero attached hydrogens (tertiary/aromatic N) is 1. The number of hydrogen-bond donors (Lipinski definition) is 2. The Labute approximate surface area is 178 Å². The van der Waals surface area contributed by atoms with Crippen LogP contribution in [0.1, 0.15) is 15.9 Å². The molecule has 0 aliphatic heterocycles. The third-order valence-corrected chi connectivity index (χ3v) is 6.13. The van der Waals surface area contributed by atoms with Crippen LogP contribution in [0.3, 0.4) is 0 Å². The maximum absolute atomic E-state index is 12.9. The van der Waals surface area contributed by atoms with Gasteiger partial charge in [-0.1, -0.05) is 24.3 Å². The van der Waals surface area contributed by atoms with Gasteiger partial charge in [-0.15, -0.1) is 0 Å². The molecular formula is C22H19N3O5S. The molecule has 0 spiro atoms. The average molecular weight is 437 g/mol. The van der Waals surface area contributed by atoms with Gasteiger partial charge in [-0.05, 0) is 48.9 Å². The summed E-state index contributed by atoms with van der Waals surface area (Å²) in [6.07, 6.45) is 0. The Morgan fingerprint density at radius 1 is 1.00 bits per heavy atom. The molecule has 1 aromatic heterocycles. The molecule has 0 unspecified atom stereocenters. The highest BCUT2D eigenvalue weighted by Crippen LogP contribution is 2.24. The first-order valence-corrected chi connectivity index (χ1v) is 10.8. The van der Waals surface area contributed by atoms with E-state index in [1.54, 1.807) is 18.2 Å². The van der Waals surface area contributed by atoms with E-state index in [4.69, 9.17) is 4.42 Å². The normalized spacial score (nSPS) is 11.4. The Morgan fingerprint density at radius 2 is 1.77 bits per heavy atom. The zero-order valence-electron chi connectivity index (χ0n) is 16.7. The highest BCUT2D eigenvalue weighted by atomic mass is 32.2. The molecule has 8 nitrogen and oxygen atoms in total. The number of carbonyl (C=O) groups excluding carboxylic acids is 1. The molecule has 1 heterocycles. The molecule has 4 aromatic rings. The van der Waals surface area contributed by atoms with E-state index in [1.807, 2.05) is 25.1 Å². The molecular weight excluding hydrogens is 418 g/mol. The Kier molecular flexibility index (Phi) is 5.12. The molecule has 0 saturated carbocycles. The number of benzene rings is 3. The van der Waals surface area contributed by atoms with Gasteiger partial charge >= 0.3 is 5.76 Å². The Hall–Kier alpha value is -3.85. The minimum atomic E-state index is -4.05. The highest BCUT2D eigenvalue weighted by Gasteiger charge is 2.20. The summed E-state index contributed by atoms with van der Waals surface area (Å²) in [7, 11) is -2.51. The van der Waals surface area contributed by atoms with Crippen LogP contribution < -0.4 is 15.8 Å². The smallest absolute Gasteiger partial charge is 0.408 e. The van der Waals surface area contributed by atoms with Crippen LogP contribution in [0.4, 0.5) is 11.4 Å². The molecule has 0 radical (unpaired) electrons. The molecule has 2 N–H and O–H groups in total. The van der Waals surface area contributed by atoms with Crippen LogP contribution in [0.5, 0.6) is 0 Å². The third kappa shape index (κ3) is 4.08. The summed E-state index contributed by atoms with van der Waals surface area (Å²) in [4.78, 5) is 24.4. The van der Waals surface area contributed by atoms with Crippen LogP contribution >= 0.6 is 0 Å². The van der Waals surface area contributed by atoms with E-state index in [0.717, 1.165) is 5.56 Å². The van der Waals surface area contributed by atoms with E-state index >= 15 is 0 Å². The van der Waals surface area contributed by atoms with Gasteiger partial charge in [0.25, 0.3) is 15.9 Å². The number of oxazole rings is 1. The monoisotopic (exact) mass is 437 g/mol. The second kappa shape index (κ2) is 7.77. The van der Waals surface area contributed by atoms with Gasteiger partial charge < -0.3 is 9.73 Å². The van der Waals surface area contributed by atoms with Crippen LogP contribution in [0, 0.1) is 6.92 Å². The summed E-state index contributed by atoms with van der Waals surface area (Å²) in [5.74, 6) is -1.04. The van der Waals surface area contributed by atoms with Gasteiger partial charge in [0.15, 0.2) is 5.58 Å². The average Bonchev–Trinajstić information content (AvgIpc) is 3.01. The molecule has 0 aliphatic carbocycles. The summed E-state index contributed by atoms with van der Waals surface area (Å²) in [5, 5.41) is 2.77. The van der Waals surface area contributed by atoms with Crippen molar-refractivity contribution in [3.8, 4) is 0 Å². The van der Waals surface area contributed by atoms with Crippen LogP contribution in [0.2, 0.25) is 0 Å². The molecule has 0 fully saturated rings. The number of hydrogen-bond acceptors (Lipinski definition) is 5. The van der Waals surface area contributed by atoms with E-state index in [1.165, 1.54) is 41.9 Å². The van der Waals surface area contributed by atoms with Crippen molar-refractivity contribution >= 4 is 38.4 Å². The van der Waals surface area contributed by atoms with Crippen molar-refractivity contribution in [2.75, 3.05) is 10.0 Å². The fraction of sp³-hybridized carbons (Fsp3) is 0.0909. The first-order chi connectivity index (χ1) is 14.7. The van der Waals surface area contributed by atoms with Crippen molar-refractivity contribution < 1.29 is 17.6 Å². The zero-order chi connectivity index (χ0) is 22.2. The molecule has 0 saturated heterocycles. The lowest BCUT2D eigenvalue weighted by atomic mass is 10.1. The number of rotatable bonds is 5. The quantitative estimate of drug-likeness (QED) is 0.497. The zero-order valence-corrected chi connectivity index (χ0v) is 17.6. The standard InChI is InChI=1S/C22H19N3O5S/c1-14-6-5-7-15(12-14)23-21(26)17-8-3-4-9-18(17)24-31(28,29)16-10-11-19-20(13-16)30-22(27)25(19)2/h3-13,24H,1-2H3,(H,23,26). The van der Waals surface area contributed by atoms with Gasteiger partial charge in [0.05, 0.1) is 21.7 Å². The third-order valence-electron chi connectivity index (χ3n) is 4.77. The number of anilines is 2. The number of para-hydroxylation sites is 1. The van der Waals surface area contributed by atoms with Crippen molar-refractivity contribution in [3.05, 3.63) is 88.4 Å². The maximum atomic E-state index is 12.9. The minimum absolute atomic E-state index is 0.0942. The van der Waals surface area contributed by atoms with E-state index in [0.29, 0.717) is 11.2 Å². The lowest BCUT2D eigenvalue weighted by Crippen LogP contribution is -2.18. The second-order valence-corrected chi connectivity index (χ2v) is 8.71. The van der Waals surface area contributed by atoms with E-state index in [2.05, 4.69) is 10.0 Å². The summed E-state index contributed by atoms with van der Waals surface area (Å²) in [6, 6.07) is 17.7. The number of fused-ring (bicyclic) bond motifs is 1. The van der Waals surface area contributed by atoms with E-state index < -0.39 is 21.7 Å². The Bertz CT molecular complexity index is 1470. The lowest BCUT2D eigenvalue weighted by Gasteiger charge is -2.13. The van der Waals surface area contributed by atoms with Gasteiger partial charge in [0.2, 0.25) is 0 Å². The SMILES string of the molecule is Cc1cccc(NC(=O)c2ccccc2NS(=O)(=O)c2ccc3c(c2)oc(=O)n3C)c1. The number of aromatic nitrogens is 1. The summed E-state index contributed by atoms with van der Waals surface area (Å²) >= 11 is 0. The molecule has 9 heteroatoms. The van der Waals surface area contributed by atoms with Gasteiger partial charge in [-0.2, -0.15) is 0 Å².